The molecule has 0 aromatic heterocycles. The van der Waals surface area contributed by atoms with Crippen LogP contribution >= 0.6 is 7.60 Å². The van der Waals surface area contributed by atoms with Crippen molar-refractivity contribution in [3.8, 4) is 0 Å². The Balaban J connectivity index is 2.80. The number of rotatable bonds is 10. The molecule has 0 aliphatic carbocycles. The normalized spacial score (nSPS) is 12.1. The minimum Gasteiger partial charge on any atom is -0.469 e. The highest BCUT2D eigenvalue weighted by molar-refractivity contribution is 7.52. The lowest BCUT2D eigenvalue weighted by Crippen LogP contribution is -2.41. The Kier molecular flexibility index (Phi) is 9.14. The predicted molar refractivity (Wildman–Crippen MR) is 96.3 cm³/mol. The van der Waals surface area contributed by atoms with E-state index in [4.69, 9.17) is 9.05 Å². The zero-order chi connectivity index (χ0) is 20.4. The molecule has 1 rings (SSSR count). The summed E-state index contributed by atoms with van der Waals surface area (Å²) in [5.74, 6) is -1.67. The molecule has 27 heavy (non-hydrogen) atoms. The largest absolute Gasteiger partial charge is 0.469 e. The number of nitrogens with one attached hydrogen (secondary N) is 1. The molecule has 0 radical (unpaired) electrons. The van der Waals surface area contributed by atoms with Crippen LogP contribution in [0.15, 0.2) is 24.3 Å². The van der Waals surface area contributed by atoms with Crippen LogP contribution in [0.4, 0.5) is 0 Å². The molecular weight excluding hydrogens is 377 g/mol. The molecule has 0 unspecified atom stereocenters. The van der Waals surface area contributed by atoms with Gasteiger partial charge in [0.25, 0.3) is 5.91 Å². The third kappa shape index (κ3) is 7.13. The summed E-state index contributed by atoms with van der Waals surface area (Å²) in [4.78, 5) is 35.4. The molecule has 0 fully saturated rings. The highest BCUT2D eigenvalue weighted by atomic mass is 31.2. The topological polar surface area (TPSA) is 117 Å². The zero-order valence-electron chi connectivity index (χ0n) is 15.7. The summed E-state index contributed by atoms with van der Waals surface area (Å²) in [7, 11) is 1.82. The number of amides is 1. The Hall–Kier alpha value is -2.22. The molecule has 0 heterocycles. The lowest BCUT2D eigenvalue weighted by atomic mass is 10.1. The number of carbonyl (C=O) groups excluding carboxylic acids is 3. The van der Waals surface area contributed by atoms with Gasteiger partial charge in [-0.1, -0.05) is 12.1 Å². The Morgan fingerprint density at radius 3 is 2.07 bits per heavy atom. The highest BCUT2D eigenvalue weighted by Gasteiger charge is 2.24. The SMILES string of the molecule is COC(=O)CC[C@@H](NC(=O)c1ccc(CP(=O)(OC)OC)cc1)C(=O)OC. The predicted octanol–water partition coefficient (Wildman–Crippen LogP) is 1.90. The molecule has 0 saturated heterocycles. The Labute approximate surface area is 157 Å². The Morgan fingerprint density at radius 2 is 1.59 bits per heavy atom. The van der Waals surface area contributed by atoms with Crippen LogP contribution in [0.2, 0.25) is 0 Å². The molecular formula is C17H24NO8P. The third-order valence-corrected chi connectivity index (χ3v) is 5.67. The first-order valence-electron chi connectivity index (χ1n) is 8.03. The number of ether oxygens (including phenoxy) is 2. The minimum atomic E-state index is -3.21. The van der Waals surface area contributed by atoms with Gasteiger partial charge in [-0.15, -0.1) is 0 Å². The minimum absolute atomic E-state index is 0.0429. The molecule has 1 aromatic carbocycles. The van der Waals surface area contributed by atoms with Gasteiger partial charge in [0, 0.05) is 26.2 Å². The van der Waals surface area contributed by atoms with Gasteiger partial charge in [0.1, 0.15) is 6.04 Å². The molecule has 0 aliphatic rings. The molecule has 1 atom stereocenters. The lowest BCUT2D eigenvalue weighted by Gasteiger charge is -2.16. The van der Waals surface area contributed by atoms with Crippen molar-refractivity contribution in [2.75, 3.05) is 28.4 Å². The lowest BCUT2D eigenvalue weighted by molar-refractivity contribution is -0.144. The molecule has 1 N–H and O–H groups in total. The molecule has 1 amide bonds. The molecule has 0 saturated carbocycles. The van der Waals surface area contributed by atoms with E-state index in [1.165, 1.54) is 40.6 Å². The summed E-state index contributed by atoms with van der Waals surface area (Å²) >= 11 is 0. The van der Waals surface area contributed by atoms with E-state index < -0.39 is 31.5 Å². The van der Waals surface area contributed by atoms with E-state index in [0.717, 1.165) is 0 Å². The van der Waals surface area contributed by atoms with Crippen LogP contribution in [-0.4, -0.2) is 52.3 Å². The zero-order valence-corrected chi connectivity index (χ0v) is 16.6. The molecule has 0 aliphatic heterocycles. The van der Waals surface area contributed by atoms with Gasteiger partial charge < -0.3 is 23.8 Å². The second kappa shape index (κ2) is 10.8. The number of methoxy groups -OCH3 is 2. The van der Waals surface area contributed by atoms with Gasteiger partial charge >= 0.3 is 19.5 Å². The van der Waals surface area contributed by atoms with Gasteiger partial charge in [0.2, 0.25) is 0 Å². The standard InChI is InChI=1S/C17H24NO8P/c1-23-15(19)10-9-14(17(21)24-2)18-16(20)13-7-5-12(6-8-13)11-27(22,25-3)26-4/h5-8,14H,9-11H2,1-4H3,(H,18,20)/t14-/m1/s1. The summed E-state index contributed by atoms with van der Waals surface area (Å²) < 4.78 is 31.1. The summed E-state index contributed by atoms with van der Waals surface area (Å²) in [6, 6.07) is 5.29. The molecule has 150 valence electrons. The van der Waals surface area contributed by atoms with Crippen molar-refractivity contribution >= 4 is 25.4 Å². The van der Waals surface area contributed by atoms with Gasteiger partial charge in [-0.3, -0.25) is 14.2 Å². The van der Waals surface area contributed by atoms with E-state index in [2.05, 4.69) is 14.8 Å². The van der Waals surface area contributed by atoms with Gasteiger partial charge in [-0.2, -0.15) is 0 Å². The quantitative estimate of drug-likeness (QED) is 0.467. The molecule has 1 aromatic rings. The van der Waals surface area contributed by atoms with E-state index in [0.29, 0.717) is 5.56 Å². The van der Waals surface area contributed by atoms with E-state index in [1.54, 1.807) is 12.1 Å². The van der Waals surface area contributed by atoms with Crippen LogP contribution in [0, 0.1) is 0 Å². The van der Waals surface area contributed by atoms with Gasteiger partial charge in [-0.05, 0) is 24.1 Å². The molecule has 0 bridgehead atoms. The fourth-order valence-corrected chi connectivity index (χ4v) is 3.25. The number of carbonyl (C=O) groups is 3. The van der Waals surface area contributed by atoms with Crippen molar-refractivity contribution < 1.29 is 37.5 Å². The van der Waals surface area contributed by atoms with Crippen molar-refractivity contribution in [2.45, 2.75) is 25.0 Å². The van der Waals surface area contributed by atoms with E-state index in [-0.39, 0.29) is 24.6 Å². The van der Waals surface area contributed by atoms with E-state index in [9.17, 15) is 18.9 Å². The number of hydrogen-bond donors (Lipinski definition) is 1. The fraction of sp³-hybridized carbons (Fsp3) is 0.471. The maximum absolute atomic E-state index is 12.4. The average Bonchev–Trinajstić information content (AvgIpc) is 2.70. The van der Waals surface area contributed by atoms with Crippen molar-refractivity contribution in [3.05, 3.63) is 35.4 Å². The smallest absolute Gasteiger partial charge is 0.334 e. The van der Waals surface area contributed by atoms with Crippen LogP contribution < -0.4 is 5.32 Å². The molecule has 9 nitrogen and oxygen atoms in total. The van der Waals surface area contributed by atoms with E-state index >= 15 is 0 Å². The first kappa shape index (κ1) is 22.8. The summed E-state index contributed by atoms with van der Waals surface area (Å²) in [6.45, 7) is 0. The Morgan fingerprint density at radius 1 is 1.00 bits per heavy atom. The Bertz CT molecular complexity index is 695. The maximum atomic E-state index is 12.4. The second-order valence-electron chi connectivity index (χ2n) is 5.50. The maximum Gasteiger partial charge on any atom is 0.334 e. The summed E-state index contributed by atoms with van der Waals surface area (Å²) in [5, 5.41) is 2.53. The number of hydrogen-bond acceptors (Lipinski definition) is 8. The van der Waals surface area contributed by atoms with Crippen LogP contribution in [-0.2, 0) is 38.8 Å². The molecule has 10 heteroatoms. The number of benzene rings is 1. The monoisotopic (exact) mass is 401 g/mol. The van der Waals surface area contributed by atoms with Crippen molar-refractivity contribution in [2.24, 2.45) is 0 Å². The first-order valence-corrected chi connectivity index (χ1v) is 9.76. The summed E-state index contributed by atoms with van der Waals surface area (Å²) in [5.41, 5.74) is 0.948. The van der Waals surface area contributed by atoms with Crippen LogP contribution in [0.1, 0.15) is 28.8 Å². The highest BCUT2D eigenvalue weighted by Crippen LogP contribution is 2.49. The molecule has 0 spiro atoms. The average molecular weight is 401 g/mol. The van der Waals surface area contributed by atoms with Gasteiger partial charge in [0.15, 0.2) is 0 Å². The second-order valence-corrected chi connectivity index (χ2v) is 7.76. The number of esters is 2. The van der Waals surface area contributed by atoms with Crippen LogP contribution in [0.5, 0.6) is 0 Å². The fourth-order valence-electron chi connectivity index (χ4n) is 2.19. The van der Waals surface area contributed by atoms with Gasteiger partial charge in [0.05, 0.1) is 20.4 Å². The third-order valence-electron chi connectivity index (χ3n) is 3.80. The first-order chi connectivity index (χ1) is 12.8. The van der Waals surface area contributed by atoms with Crippen LogP contribution in [0.3, 0.4) is 0 Å². The van der Waals surface area contributed by atoms with E-state index in [1.807, 2.05) is 0 Å². The van der Waals surface area contributed by atoms with Crippen molar-refractivity contribution in [1.29, 1.82) is 0 Å². The van der Waals surface area contributed by atoms with Crippen molar-refractivity contribution in [1.82, 2.24) is 5.32 Å². The summed E-state index contributed by atoms with van der Waals surface area (Å²) in [6.07, 6.45) is 0.0681. The van der Waals surface area contributed by atoms with Crippen molar-refractivity contribution in [3.63, 3.8) is 0 Å². The van der Waals surface area contributed by atoms with Crippen LogP contribution in [0.25, 0.3) is 0 Å². The van der Waals surface area contributed by atoms with Gasteiger partial charge in [-0.25, -0.2) is 4.79 Å².